The molecule has 1 radical (unpaired) electrons. The first-order valence-electron chi connectivity index (χ1n) is 8.82. The van der Waals surface area contributed by atoms with Crippen LogP contribution < -0.4 is 0 Å². The molecule has 0 unspecified atom stereocenters. The van der Waals surface area contributed by atoms with Gasteiger partial charge in [0.1, 0.15) is 5.82 Å². The summed E-state index contributed by atoms with van der Waals surface area (Å²) in [5.41, 5.74) is 13.4. The molecule has 0 atom stereocenters. The molecule has 1 aromatic heterocycles. The standard InChI is InChI=1S/C22H24N2O.2CH4.V/c1-9-10(2)14(6)18-17(13(9)5)21-23-19-15(7)11(3)12(4)16(8)20(19)24(21)22(18)25;;;/h1-8H3;2*1H4;. The number of benzene rings is 2. The number of aromatic nitrogens is 2. The van der Waals surface area contributed by atoms with Crippen LogP contribution in [0, 0.1) is 55.4 Å². The minimum absolute atomic E-state index is 0. The van der Waals surface area contributed by atoms with Crippen LogP contribution in [0.5, 0.6) is 0 Å². The fourth-order valence-corrected chi connectivity index (χ4v) is 4.28. The molecule has 28 heavy (non-hydrogen) atoms. The Bertz CT molecular complexity index is 1140. The van der Waals surface area contributed by atoms with E-state index in [-0.39, 0.29) is 39.3 Å². The number of nitrogens with zero attached hydrogens (tertiary/aromatic N) is 2. The van der Waals surface area contributed by atoms with Crippen LogP contribution in [0.3, 0.4) is 0 Å². The van der Waals surface area contributed by atoms with Crippen LogP contribution in [0.25, 0.3) is 22.4 Å². The van der Waals surface area contributed by atoms with Crippen LogP contribution in [0.2, 0.25) is 0 Å². The second-order valence-corrected chi connectivity index (χ2v) is 7.52. The maximum absolute atomic E-state index is 13.4. The van der Waals surface area contributed by atoms with E-state index in [1.807, 2.05) is 4.57 Å². The van der Waals surface area contributed by atoms with Crippen molar-refractivity contribution >= 4 is 16.9 Å². The molecule has 1 aliphatic heterocycles. The second kappa shape index (κ2) is 7.53. The van der Waals surface area contributed by atoms with Gasteiger partial charge < -0.3 is 0 Å². The van der Waals surface area contributed by atoms with E-state index in [9.17, 15) is 4.79 Å². The molecule has 2 heterocycles. The predicted molar refractivity (Wildman–Crippen MR) is 116 cm³/mol. The van der Waals surface area contributed by atoms with Crippen LogP contribution >= 0.6 is 0 Å². The summed E-state index contributed by atoms with van der Waals surface area (Å²) >= 11 is 0. The normalized spacial score (nSPS) is 11.5. The quantitative estimate of drug-likeness (QED) is 0.331. The molecule has 0 aliphatic carbocycles. The van der Waals surface area contributed by atoms with Crippen molar-refractivity contribution in [2.24, 2.45) is 0 Å². The molecule has 0 N–H and O–H groups in total. The first-order valence-corrected chi connectivity index (χ1v) is 8.82. The topological polar surface area (TPSA) is 34.9 Å². The molecule has 0 saturated heterocycles. The van der Waals surface area contributed by atoms with Crippen molar-refractivity contribution < 1.29 is 23.4 Å². The van der Waals surface area contributed by atoms with E-state index in [1.54, 1.807) is 0 Å². The predicted octanol–water partition coefficient (Wildman–Crippen LogP) is 6.44. The Balaban J connectivity index is 0.00000131. The van der Waals surface area contributed by atoms with Crippen molar-refractivity contribution in [3.05, 3.63) is 50.1 Å². The fourth-order valence-electron chi connectivity index (χ4n) is 4.28. The molecule has 4 heteroatoms. The van der Waals surface area contributed by atoms with Crippen LogP contribution in [0.15, 0.2) is 0 Å². The molecule has 149 valence electrons. The summed E-state index contributed by atoms with van der Waals surface area (Å²) < 4.78 is 1.85. The van der Waals surface area contributed by atoms with E-state index in [4.69, 9.17) is 4.98 Å². The summed E-state index contributed by atoms with van der Waals surface area (Å²) in [6.07, 6.45) is 0. The monoisotopic (exact) mass is 415 g/mol. The van der Waals surface area contributed by atoms with E-state index in [2.05, 4.69) is 55.4 Å². The van der Waals surface area contributed by atoms with Gasteiger partial charge in [0, 0.05) is 24.1 Å². The van der Waals surface area contributed by atoms with Gasteiger partial charge in [0.25, 0.3) is 5.91 Å². The molecule has 0 spiro atoms. The number of carbonyl (C=O) groups is 1. The zero-order valence-electron chi connectivity index (χ0n) is 16.7. The smallest absolute Gasteiger partial charge is 0.265 e. The van der Waals surface area contributed by atoms with Crippen molar-refractivity contribution in [2.75, 3.05) is 0 Å². The number of aryl methyl sites for hydroxylation is 2. The molecular formula is C24H32N2OV. The van der Waals surface area contributed by atoms with Crippen molar-refractivity contribution in [3.8, 4) is 11.4 Å². The van der Waals surface area contributed by atoms with Crippen LogP contribution in [-0.4, -0.2) is 15.5 Å². The van der Waals surface area contributed by atoms with Gasteiger partial charge in [0.2, 0.25) is 0 Å². The van der Waals surface area contributed by atoms with Gasteiger partial charge in [-0.2, -0.15) is 0 Å². The van der Waals surface area contributed by atoms with Crippen LogP contribution in [-0.2, 0) is 18.6 Å². The fraction of sp³-hybridized carbons (Fsp3) is 0.417. The molecule has 2 aromatic carbocycles. The summed E-state index contributed by atoms with van der Waals surface area (Å²) in [5.74, 6) is 0.886. The minimum Gasteiger partial charge on any atom is -0.268 e. The number of rotatable bonds is 0. The van der Waals surface area contributed by atoms with Gasteiger partial charge in [-0.05, 0) is 99.9 Å². The Labute approximate surface area is 181 Å². The number of hydrogen-bond donors (Lipinski definition) is 0. The van der Waals surface area contributed by atoms with Crippen LogP contribution in [0.1, 0.15) is 69.7 Å². The Kier molecular flexibility index (Phi) is 6.51. The van der Waals surface area contributed by atoms with E-state index in [0.29, 0.717) is 0 Å². The van der Waals surface area contributed by atoms with E-state index in [0.717, 1.165) is 39.1 Å². The third kappa shape index (κ3) is 2.63. The van der Waals surface area contributed by atoms with E-state index >= 15 is 0 Å². The van der Waals surface area contributed by atoms with Gasteiger partial charge in [-0.1, -0.05) is 14.9 Å². The number of imidazole rings is 1. The average molecular weight is 415 g/mol. The van der Waals surface area contributed by atoms with Gasteiger partial charge in [-0.25, -0.2) is 4.98 Å². The van der Waals surface area contributed by atoms with Gasteiger partial charge >= 0.3 is 0 Å². The van der Waals surface area contributed by atoms with E-state index in [1.165, 1.54) is 33.4 Å². The number of hydrogen-bond acceptors (Lipinski definition) is 2. The summed E-state index contributed by atoms with van der Waals surface area (Å²) in [6.45, 7) is 16.9. The Morgan fingerprint density at radius 1 is 0.607 bits per heavy atom. The van der Waals surface area contributed by atoms with Crippen LogP contribution in [0.4, 0.5) is 0 Å². The zero-order chi connectivity index (χ0) is 18.4. The van der Waals surface area contributed by atoms with Gasteiger partial charge in [-0.3, -0.25) is 9.36 Å². The number of carbonyl (C=O) groups excluding carboxylic acids is 1. The third-order valence-electron chi connectivity index (χ3n) is 6.60. The molecular weight excluding hydrogens is 383 g/mol. The summed E-state index contributed by atoms with van der Waals surface area (Å²) in [4.78, 5) is 18.3. The SMILES string of the molecule is C.C.Cc1c(C)c(C)c2c(c1C)C(=O)n1c-2nc2c(C)c(C)c(C)c(C)c21.[V]. The van der Waals surface area contributed by atoms with E-state index < -0.39 is 0 Å². The maximum Gasteiger partial charge on any atom is 0.265 e. The Morgan fingerprint density at radius 2 is 1.04 bits per heavy atom. The van der Waals surface area contributed by atoms with Gasteiger partial charge in [-0.15, -0.1) is 0 Å². The van der Waals surface area contributed by atoms with Gasteiger partial charge in [0.15, 0.2) is 0 Å². The molecule has 1 aliphatic rings. The maximum atomic E-state index is 13.4. The molecule has 3 nitrogen and oxygen atoms in total. The molecule has 3 aromatic rings. The molecule has 0 saturated carbocycles. The minimum atomic E-state index is 0. The molecule has 4 rings (SSSR count). The number of fused-ring (bicyclic) bond motifs is 5. The second-order valence-electron chi connectivity index (χ2n) is 7.52. The molecule has 0 amide bonds. The van der Waals surface area contributed by atoms with Crippen molar-refractivity contribution in [1.82, 2.24) is 9.55 Å². The largest absolute Gasteiger partial charge is 0.268 e. The average Bonchev–Trinajstić information content (AvgIpc) is 3.10. The van der Waals surface area contributed by atoms with Gasteiger partial charge in [0.05, 0.1) is 16.6 Å². The van der Waals surface area contributed by atoms with Crippen molar-refractivity contribution in [3.63, 3.8) is 0 Å². The Morgan fingerprint density at radius 3 is 1.57 bits per heavy atom. The first-order chi connectivity index (χ1) is 11.7. The summed E-state index contributed by atoms with van der Waals surface area (Å²) in [5, 5.41) is 0. The Hall–Kier alpha value is -1.84. The third-order valence-corrected chi connectivity index (χ3v) is 6.60. The van der Waals surface area contributed by atoms with Crippen molar-refractivity contribution in [1.29, 1.82) is 0 Å². The summed E-state index contributed by atoms with van der Waals surface area (Å²) in [6, 6.07) is 0. The molecule has 0 fully saturated rings. The van der Waals surface area contributed by atoms with Crippen molar-refractivity contribution in [2.45, 2.75) is 70.2 Å². The molecule has 0 bridgehead atoms. The first kappa shape index (κ1) is 24.2. The summed E-state index contributed by atoms with van der Waals surface area (Å²) in [7, 11) is 0. The zero-order valence-corrected chi connectivity index (χ0v) is 18.1.